The smallest absolute Gasteiger partial charge is 0.212 e. The molecule has 2 atom stereocenters. The van der Waals surface area contributed by atoms with Crippen LogP contribution < -0.4 is 4.72 Å². The first-order valence-corrected chi connectivity index (χ1v) is 14.4. The Morgan fingerprint density at radius 1 is 0.861 bits per heavy atom. The average Bonchev–Trinajstić information content (AvgIpc) is 2.88. The summed E-state index contributed by atoms with van der Waals surface area (Å²) in [6.07, 6.45) is 0.472. The van der Waals surface area contributed by atoms with Crippen LogP contribution >= 0.6 is 23.2 Å². The zero-order valence-electron chi connectivity index (χ0n) is 19.9. The summed E-state index contributed by atoms with van der Waals surface area (Å²) in [5.74, 6) is 0.0576. The van der Waals surface area contributed by atoms with Crippen molar-refractivity contribution in [3.8, 4) is 0 Å². The van der Waals surface area contributed by atoms with Crippen molar-refractivity contribution in [1.82, 2.24) is 9.62 Å². The normalized spacial score (nSPS) is 18.4. The van der Waals surface area contributed by atoms with Crippen LogP contribution in [0.4, 0.5) is 0 Å². The van der Waals surface area contributed by atoms with E-state index in [1.807, 2.05) is 91.0 Å². The molecule has 1 heterocycles. The van der Waals surface area contributed by atoms with Crippen molar-refractivity contribution in [2.24, 2.45) is 0 Å². The van der Waals surface area contributed by atoms with Gasteiger partial charge in [0.05, 0.1) is 11.8 Å². The Morgan fingerprint density at radius 2 is 1.44 bits per heavy atom. The van der Waals surface area contributed by atoms with Gasteiger partial charge in [0.15, 0.2) is 0 Å². The maximum Gasteiger partial charge on any atom is 0.212 e. The number of hydrogen-bond donors (Lipinski definition) is 1. The fraction of sp³-hybridized carbons (Fsp3) is 0.241. The number of fused-ring (bicyclic) bond motifs is 1. The number of aryl methyl sites for hydroxylation is 1. The fourth-order valence-corrected chi connectivity index (χ4v) is 6.62. The molecule has 36 heavy (non-hydrogen) atoms. The van der Waals surface area contributed by atoms with Gasteiger partial charge in [-0.3, -0.25) is 4.90 Å². The molecular weight excluding hydrogens is 511 g/mol. The van der Waals surface area contributed by atoms with Crippen LogP contribution in [0.3, 0.4) is 0 Å². The summed E-state index contributed by atoms with van der Waals surface area (Å²) < 4.78 is 29.0. The topological polar surface area (TPSA) is 49.4 Å². The molecule has 1 fully saturated rings. The van der Waals surface area contributed by atoms with E-state index in [0.717, 1.165) is 27.5 Å². The van der Waals surface area contributed by atoms with Crippen LogP contribution in [-0.2, 0) is 16.4 Å². The fourth-order valence-electron chi connectivity index (χ4n) is 5.03. The molecule has 1 N–H and O–H groups in total. The van der Waals surface area contributed by atoms with Crippen LogP contribution in [0.5, 0.6) is 0 Å². The van der Waals surface area contributed by atoms with E-state index >= 15 is 0 Å². The standard InChI is InChI=1S/C29H28Cl2N2O2S/c1-20-28(32-36(34,35)18-17-22-7-4-6-21-5-2-3-8-27(21)22)19-33(20)29(23-9-13-25(30)14-10-23)24-11-15-26(31)16-12-24/h2-16,20,28-29,32H,17-19H2,1H3/t20-,28+/m1/s1. The largest absolute Gasteiger partial charge is 0.286 e. The molecule has 4 aromatic rings. The lowest BCUT2D eigenvalue weighted by atomic mass is 9.89. The van der Waals surface area contributed by atoms with Crippen molar-refractivity contribution in [3.05, 3.63) is 118 Å². The van der Waals surface area contributed by atoms with Gasteiger partial charge >= 0.3 is 0 Å². The number of halogens is 2. The zero-order valence-corrected chi connectivity index (χ0v) is 22.3. The molecule has 0 spiro atoms. The molecule has 0 aliphatic carbocycles. The molecule has 7 heteroatoms. The molecule has 1 aliphatic rings. The predicted molar refractivity (Wildman–Crippen MR) is 149 cm³/mol. The Bertz CT molecular complexity index is 1410. The number of hydrogen-bond acceptors (Lipinski definition) is 3. The van der Waals surface area contributed by atoms with Crippen LogP contribution in [0.2, 0.25) is 10.0 Å². The third-order valence-electron chi connectivity index (χ3n) is 7.07. The van der Waals surface area contributed by atoms with Crippen molar-refractivity contribution < 1.29 is 8.42 Å². The summed E-state index contributed by atoms with van der Waals surface area (Å²) in [4.78, 5) is 2.31. The van der Waals surface area contributed by atoms with E-state index in [9.17, 15) is 8.42 Å². The second-order valence-electron chi connectivity index (χ2n) is 9.37. The van der Waals surface area contributed by atoms with Crippen molar-refractivity contribution in [1.29, 1.82) is 0 Å². The molecule has 0 unspecified atom stereocenters. The van der Waals surface area contributed by atoms with E-state index in [1.54, 1.807) is 0 Å². The highest BCUT2D eigenvalue weighted by Gasteiger charge is 2.42. The third-order valence-corrected chi connectivity index (χ3v) is 8.97. The number of likely N-dealkylation sites (tertiary alicyclic amines) is 1. The number of rotatable bonds is 8. The Hall–Kier alpha value is -2.41. The maximum absolute atomic E-state index is 13.0. The first-order chi connectivity index (χ1) is 17.3. The Balaban J connectivity index is 1.29. The van der Waals surface area contributed by atoms with Crippen molar-refractivity contribution in [3.63, 3.8) is 0 Å². The van der Waals surface area contributed by atoms with Crippen LogP contribution in [0.1, 0.15) is 29.7 Å². The highest BCUT2D eigenvalue weighted by molar-refractivity contribution is 7.89. The van der Waals surface area contributed by atoms with Crippen molar-refractivity contribution >= 4 is 44.0 Å². The second kappa shape index (κ2) is 10.5. The molecule has 0 bridgehead atoms. The number of sulfonamides is 1. The van der Waals surface area contributed by atoms with E-state index < -0.39 is 10.0 Å². The Kier molecular flexibility index (Phi) is 7.38. The minimum atomic E-state index is -3.44. The molecule has 0 aromatic heterocycles. The van der Waals surface area contributed by atoms with Crippen LogP contribution in [-0.4, -0.2) is 37.7 Å². The zero-order chi connectivity index (χ0) is 25.3. The SMILES string of the molecule is C[C@@H]1[C@@H](NS(=O)(=O)CCc2cccc3ccccc23)CN1C(c1ccc(Cl)cc1)c1ccc(Cl)cc1. The summed E-state index contributed by atoms with van der Waals surface area (Å²) in [6.45, 7) is 2.69. The highest BCUT2D eigenvalue weighted by Crippen LogP contribution is 2.37. The second-order valence-corrected chi connectivity index (χ2v) is 12.1. The average molecular weight is 540 g/mol. The molecule has 0 saturated carbocycles. The van der Waals surface area contributed by atoms with E-state index in [1.165, 1.54) is 0 Å². The quantitative estimate of drug-likeness (QED) is 0.279. The lowest BCUT2D eigenvalue weighted by Crippen LogP contribution is -2.66. The van der Waals surface area contributed by atoms with E-state index in [4.69, 9.17) is 23.2 Å². The molecule has 0 radical (unpaired) electrons. The summed E-state index contributed by atoms with van der Waals surface area (Å²) >= 11 is 12.3. The monoisotopic (exact) mass is 538 g/mol. The van der Waals surface area contributed by atoms with Crippen LogP contribution in [0.25, 0.3) is 10.8 Å². The highest BCUT2D eigenvalue weighted by atomic mass is 35.5. The predicted octanol–water partition coefficient (Wildman–Crippen LogP) is 6.47. The minimum absolute atomic E-state index is 0.0219. The number of benzene rings is 4. The van der Waals surface area contributed by atoms with Gasteiger partial charge in [-0.2, -0.15) is 0 Å². The van der Waals surface area contributed by atoms with Gasteiger partial charge in [0.25, 0.3) is 0 Å². The van der Waals surface area contributed by atoms with Gasteiger partial charge in [-0.1, -0.05) is 89.9 Å². The lowest BCUT2D eigenvalue weighted by Gasteiger charge is -2.50. The number of nitrogens with one attached hydrogen (secondary N) is 1. The molecule has 4 nitrogen and oxygen atoms in total. The van der Waals surface area contributed by atoms with Gasteiger partial charge < -0.3 is 0 Å². The van der Waals surface area contributed by atoms with Gasteiger partial charge in [0.2, 0.25) is 10.0 Å². The van der Waals surface area contributed by atoms with Crippen molar-refractivity contribution in [2.75, 3.05) is 12.3 Å². The van der Waals surface area contributed by atoms with Gasteiger partial charge in [0, 0.05) is 28.7 Å². The van der Waals surface area contributed by atoms with Gasteiger partial charge in [0.1, 0.15) is 0 Å². The van der Waals surface area contributed by atoms with Gasteiger partial charge in [-0.05, 0) is 65.1 Å². The van der Waals surface area contributed by atoms with E-state index in [2.05, 4.69) is 16.5 Å². The van der Waals surface area contributed by atoms with Crippen molar-refractivity contribution in [2.45, 2.75) is 31.5 Å². The Labute approximate surface area is 222 Å². The maximum atomic E-state index is 13.0. The molecule has 1 aliphatic heterocycles. The summed E-state index contributed by atoms with van der Waals surface area (Å²) in [5, 5.41) is 3.59. The van der Waals surface area contributed by atoms with Crippen LogP contribution in [0, 0.1) is 0 Å². The van der Waals surface area contributed by atoms with E-state index in [0.29, 0.717) is 23.0 Å². The molecule has 1 saturated heterocycles. The van der Waals surface area contributed by atoms with E-state index in [-0.39, 0.29) is 23.9 Å². The third kappa shape index (κ3) is 5.46. The first-order valence-electron chi connectivity index (χ1n) is 12.0. The molecule has 5 rings (SSSR count). The summed E-state index contributed by atoms with van der Waals surface area (Å²) in [5.41, 5.74) is 3.25. The van der Waals surface area contributed by atoms with Gasteiger partial charge in [-0.25, -0.2) is 13.1 Å². The molecule has 0 amide bonds. The first kappa shape index (κ1) is 25.2. The van der Waals surface area contributed by atoms with Gasteiger partial charge in [-0.15, -0.1) is 0 Å². The Morgan fingerprint density at radius 3 is 2.06 bits per heavy atom. The summed E-state index contributed by atoms with van der Waals surface area (Å²) in [6, 6.07) is 29.6. The molecular formula is C29H28Cl2N2O2S. The van der Waals surface area contributed by atoms with Crippen LogP contribution in [0.15, 0.2) is 91.0 Å². The molecule has 4 aromatic carbocycles. The summed E-state index contributed by atoms with van der Waals surface area (Å²) in [7, 11) is -3.44. The minimum Gasteiger partial charge on any atom is -0.286 e. The number of nitrogens with zero attached hydrogens (tertiary/aromatic N) is 1. The molecule has 186 valence electrons. The lowest BCUT2D eigenvalue weighted by molar-refractivity contribution is 0.0370.